The van der Waals surface area contributed by atoms with Crippen molar-refractivity contribution in [2.75, 3.05) is 6.54 Å². The predicted octanol–water partition coefficient (Wildman–Crippen LogP) is 1.11. The minimum atomic E-state index is -0.226. The molecule has 0 radical (unpaired) electrons. The van der Waals surface area contributed by atoms with Gasteiger partial charge in [-0.05, 0) is 17.7 Å². The Hall–Kier alpha value is -2.56. The Balaban J connectivity index is 1.57. The molecule has 0 bridgehead atoms. The van der Waals surface area contributed by atoms with Gasteiger partial charge in [-0.15, -0.1) is 0 Å². The van der Waals surface area contributed by atoms with Crippen molar-refractivity contribution in [3.05, 3.63) is 64.1 Å². The largest absolute Gasteiger partial charge is 0.488 e. The number of carbonyl (C=O) groups excluding carboxylic acids is 1. The average Bonchev–Trinajstić information content (AvgIpc) is 2.88. The van der Waals surface area contributed by atoms with Crippen molar-refractivity contribution in [1.29, 1.82) is 0 Å². The van der Waals surface area contributed by atoms with Gasteiger partial charge in [0.15, 0.2) is 0 Å². The number of fused-ring (bicyclic) bond motifs is 1. The molecule has 5 heteroatoms. The van der Waals surface area contributed by atoms with Crippen LogP contribution in [0, 0.1) is 0 Å². The summed E-state index contributed by atoms with van der Waals surface area (Å²) in [6.45, 7) is 0.437. The Bertz CT molecular complexity index is 648. The van der Waals surface area contributed by atoms with Crippen LogP contribution < -0.4 is 15.6 Å². The number of hydrogen-bond donors (Lipinski definition) is 2. The number of para-hydroxylation sites is 1. The number of aromatic amines is 1. The highest BCUT2D eigenvalue weighted by atomic mass is 16.5. The lowest BCUT2D eigenvalue weighted by molar-refractivity contribution is 0.0933. The number of rotatable bonds is 3. The van der Waals surface area contributed by atoms with Gasteiger partial charge >= 0.3 is 0 Å². The average molecular weight is 270 g/mol. The number of amides is 1. The number of pyridine rings is 1. The van der Waals surface area contributed by atoms with Crippen molar-refractivity contribution >= 4 is 5.91 Å². The molecule has 0 saturated heterocycles. The van der Waals surface area contributed by atoms with E-state index in [1.807, 2.05) is 24.3 Å². The van der Waals surface area contributed by atoms with Gasteiger partial charge in [0.05, 0.1) is 12.1 Å². The van der Waals surface area contributed by atoms with E-state index in [1.165, 1.54) is 18.3 Å². The maximum absolute atomic E-state index is 11.9. The van der Waals surface area contributed by atoms with E-state index in [0.717, 1.165) is 17.7 Å². The molecule has 20 heavy (non-hydrogen) atoms. The molecule has 1 amide bonds. The van der Waals surface area contributed by atoms with E-state index >= 15 is 0 Å². The third-order valence-corrected chi connectivity index (χ3v) is 3.25. The number of ether oxygens (including phenoxy) is 1. The van der Waals surface area contributed by atoms with Crippen LogP contribution in [0.25, 0.3) is 0 Å². The summed E-state index contributed by atoms with van der Waals surface area (Å²) in [6.07, 6.45) is 2.16. The summed E-state index contributed by atoms with van der Waals surface area (Å²) in [6, 6.07) is 10.7. The number of aromatic nitrogens is 1. The van der Waals surface area contributed by atoms with Gasteiger partial charge in [-0.25, -0.2) is 0 Å². The van der Waals surface area contributed by atoms with Crippen LogP contribution in [-0.2, 0) is 6.42 Å². The molecule has 0 aliphatic carbocycles. The van der Waals surface area contributed by atoms with E-state index < -0.39 is 0 Å². The molecule has 1 aromatic carbocycles. The van der Waals surface area contributed by atoms with Gasteiger partial charge in [0.25, 0.3) is 5.91 Å². The van der Waals surface area contributed by atoms with Gasteiger partial charge in [-0.1, -0.05) is 18.2 Å². The summed E-state index contributed by atoms with van der Waals surface area (Å²) in [5, 5.41) is 2.81. The van der Waals surface area contributed by atoms with Gasteiger partial charge in [0, 0.05) is 18.7 Å². The lowest BCUT2D eigenvalue weighted by atomic mass is 10.1. The van der Waals surface area contributed by atoms with E-state index in [9.17, 15) is 9.59 Å². The molecular formula is C15H14N2O3. The van der Waals surface area contributed by atoms with E-state index in [2.05, 4.69) is 10.3 Å². The summed E-state index contributed by atoms with van der Waals surface area (Å²) in [5.74, 6) is 0.664. The van der Waals surface area contributed by atoms with Crippen molar-refractivity contribution in [2.24, 2.45) is 0 Å². The summed E-state index contributed by atoms with van der Waals surface area (Å²) in [7, 11) is 0. The summed E-state index contributed by atoms with van der Waals surface area (Å²) >= 11 is 0. The summed E-state index contributed by atoms with van der Waals surface area (Å²) < 4.78 is 5.74. The number of hydrogen-bond acceptors (Lipinski definition) is 3. The van der Waals surface area contributed by atoms with Crippen molar-refractivity contribution < 1.29 is 9.53 Å². The topological polar surface area (TPSA) is 71.2 Å². The van der Waals surface area contributed by atoms with Gasteiger partial charge in [0.2, 0.25) is 5.56 Å². The van der Waals surface area contributed by atoms with Crippen LogP contribution in [0.15, 0.2) is 47.4 Å². The van der Waals surface area contributed by atoms with Gasteiger partial charge in [-0.3, -0.25) is 9.59 Å². The van der Waals surface area contributed by atoms with Crippen LogP contribution in [0.2, 0.25) is 0 Å². The molecule has 2 heterocycles. The van der Waals surface area contributed by atoms with Gasteiger partial charge in [-0.2, -0.15) is 0 Å². The maximum Gasteiger partial charge on any atom is 0.252 e. The fraction of sp³-hybridized carbons (Fsp3) is 0.200. The minimum Gasteiger partial charge on any atom is -0.488 e. The smallest absolute Gasteiger partial charge is 0.252 e. The van der Waals surface area contributed by atoms with Crippen LogP contribution in [0.5, 0.6) is 5.75 Å². The predicted molar refractivity (Wildman–Crippen MR) is 74.0 cm³/mol. The molecule has 0 fully saturated rings. The minimum absolute atomic E-state index is 0.0425. The number of nitrogens with one attached hydrogen (secondary N) is 2. The second-order valence-electron chi connectivity index (χ2n) is 4.70. The van der Waals surface area contributed by atoms with E-state index in [-0.39, 0.29) is 17.6 Å². The van der Waals surface area contributed by atoms with Crippen LogP contribution in [-0.4, -0.2) is 23.5 Å². The van der Waals surface area contributed by atoms with Crippen LogP contribution in [0.4, 0.5) is 0 Å². The molecule has 0 saturated carbocycles. The quantitative estimate of drug-likeness (QED) is 0.877. The highest BCUT2D eigenvalue weighted by Gasteiger charge is 2.22. The molecule has 0 unspecified atom stereocenters. The molecule has 1 atom stereocenters. The molecule has 3 rings (SSSR count). The first kappa shape index (κ1) is 12.5. The second kappa shape index (κ2) is 5.21. The summed E-state index contributed by atoms with van der Waals surface area (Å²) in [4.78, 5) is 25.3. The number of carbonyl (C=O) groups is 1. The van der Waals surface area contributed by atoms with Crippen molar-refractivity contribution in [1.82, 2.24) is 10.3 Å². The fourth-order valence-electron chi connectivity index (χ4n) is 2.23. The van der Waals surface area contributed by atoms with Crippen molar-refractivity contribution in [3.63, 3.8) is 0 Å². The molecule has 102 valence electrons. The Morgan fingerprint density at radius 1 is 1.30 bits per heavy atom. The van der Waals surface area contributed by atoms with Gasteiger partial charge < -0.3 is 15.0 Å². The zero-order valence-corrected chi connectivity index (χ0v) is 10.8. The number of benzene rings is 1. The Kier molecular flexibility index (Phi) is 3.25. The van der Waals surface area contributed by atoms with E-state index in [1.54, 1.807) is 0 Å². The third-order valence-electron chi connectivity index (χ3n) is 3.25. The molecule has 1 aliphatic heterocycles. The first-order valence-electron chi connectivity index (χ1n) is 6.44. The molecular weight excluding hydrogens is 256 g/mol. The maximum atomic E-state index is 11.9. The van der Waals surface area contributed by atoms with Crippen molar-refractivity contribution in [3.8, 4) is 5.75 Å². The van der Waals surface area contributed by atoms with Crippen LogP contribution in [0.1, 0.15) is 15.9 Å². The van der Waals surface area contributed by atoms with E-state index in [0.29, 0.717) is 12.1 Å². The highest BCUT2D eigenvalue weighted by Crippen LogP contribution is 2.27. The standard InChI is InChI=1S/C15H14N2O3/c18-14-6-5-11(8-16-14)15(19)17-9-12-7-10-3-1-2-4-13(10)20-12/h1-6,8,12H,7,9H2,(H,16,18)(H,17,19)/t12-/m1/s1. The molecule has 5 nitrogen and oxygen atoms in total. The Labute approximate surface area is 115 Å². The van der Waals surface area contributed by atoms with Crippen LogP contribution in [0.3, 0.4) is 0 Å². The monoisotopic (exact) mass is 270 g/mol. The molecule has 0 spiro atoms. The lowest BCUT2D eigenvalue weighted by Crippen LogP contribution is -2.34. The third kappa shape index (κ3) is 2.56. The molecule has 1 aromatic heterocycles. The number of H-pyrrole nitrogens is 1. The summed E-state index contributed by atoms with van der Waals surface area (Å²) in [5.41, 5.74) is 1.37. The zero-order valence-electron chi connectivity index (χ0n) is 10.8. The normalized spacial score (nSPS) is 16.3. The molecule has 2 aromatic rings. The van der Waals surface area contributed by atoms with Crippen LogP contribution >= 0.6 is 0 Å². The Morgan fingerprint density at radius 2 is 2.15 bits per heavy atom. The first-order valence-corrected chi connectivity index (χ1v) is 6.44. The lowest BCUT2D eigenvalue weighted by Gasteiger charge is -2.11. The highest BCUT2D eigenvalue weighted by molar-refractivity contribution is 5.93. The first-order chi connectivity index (χ1) is 9.72. The Morgan fingerprint density at radius 3 is 2.90 bits per heavy atom. The molecule has 2 N–H and O–H groups in total. The van der Waals surface area contributed by atoms with Gasteiger partial charge in [0.1, 0.15) is 11.9 Å². The SMILES string of the molecule is O=C(NC[C@H]1Cc2ccccc2O1)c1ccc(=O)[nH]c1. The second-order valence-corrected chi connectivity index (χ2v) is 4.70. The zero-order chi connectivity index (χ0) is 13.9. The van der Waals surface area contributed by atoms with Crippen molar-refractivity contribution in [2.45, 2.75) is 12.5 Å². The molecule has 1 aliphatic rings. The fourth-order valence-corrected chi connectivity index (χ4v) is 2.23. The van der Waals surface area contributed by atoms with E-state index in [4.69, 9.17) is 4.74 Å².